The molecule has 0 aliphatic carbocycles. The van der Waals surface area contributed by atoms with Crippen molar-refractivity contribution < 1.29 is 26.3 Å². The summed E-state index contributed by atoms with van der Waals surface area (Å²) in [6, 6.07) is 6.23. The minimum absolute atomic E-state index is 0.0599. The zero-order valence-corrected chi connectivity index (χ0v) is 13.5. The van der Waals surface area contributed by atoms with E-state index < -0.39 is 23.6 Å². The second-order valence-electron chi connectivity index (χ2n) is 5.29. The van der Waals surface area contributed by atoms with Crippen LogP contribution in [-0.4, -0.2) is 4.98 Å². The highest BCUT2D eigenvalue weighted by Crippen LogP contribution is 2.40. The van der Waals surface area contributed by atoms with E-state index in [0.29, 0.717) is 0 Å². The van der Waals surface area contributed by atoms with Gasteiger partial charge < -0.3 is 4.98 Å². The van der Waals surface area contributed by atoms with E-state index >= 15 is 0 Å². The van der Waals surface area contributed by atoms with Gasteiger partial charge in [-0.15, -0.1) is 0 Å². The van der Waals surface area contributed by atoms with E-state index in [0.717, 1.165) is 24.3 Å². The molecule has 3 aromatic rings. The number of aromatic nitrogens is 1. The lowest BCUT2D eigenvalue weighted by Crippen LogP contribution is -2.04. The fourth-order valence-corrected chi connectivity index (χ4v) is 2.97. The monoisotopic (exact) mass is 397 g/mol. The van der Waals surface area contributed by atoms with Crippen molar-refractivity contribution in [1.82, 2.24) is 4.98 Å². The Hall–Kier alpha value is -1.86. The van der Waals surface area contributed by atoms with Crippen molar-refractivity contribution in [2.45, 2.75) is 12.4 Å². The smallest absolute Gasteiger partial charge is 0.351 e. The van der Waals surface area contributed by atoms with Crippen molar-refractivity contribution in [3.8, 4) is 11.1 Å². The molecule has 0 unspecified atom stereocenters. The first-order valence-corrected chi connectivity index (χ1v) is 7.49. The van der Waals surface area contributed by atoms with Gasteiger partial charge >= 0.3 is 12.4 Å². The molecule has 1 aromatic heterocycles. The van der Waals surface area contributed by atoms with Crippen LogP contribution in [-0.2, 0) is 12.4 Å². The summed E-state index contributed by atoms with van der Waals surface area (Å²) >= 11 is 12.0. The Morgan fingerprint density at radius 3 is 1.92 bits per heavy atom. The molecule has 0 fully saturated rings. The van der Waals surface area contributed by atoms with Crippen LogP contribution in [0.15, 0.2) is 36.4 Å². The number of hydrogen-bond donors (Lipinski definition) is 1. The standard InChI is InChI=1S/C16H7Cl2F6N/c17-11-5-8(15(19,20)21)1-2-9(11)10-3-7-4-14(16(22,23)24)25-13(7)6-12(10)18/h1-6,25H. The highest BCUT2D eigenvalue weighted by Gasteiger charge is 2.33. The molecule has 0 bridgehead atoms. The SMILES string of the molecule is FC(F)(F)c1ccc(-c2cc3cc(C(F)(F)F)[nH]c3cc2Cl)c(Cl)c1. The predicted octanol–water partition coefficient (Wildman–Crippen LogP) is 7.18. The summed E-state index contributed by atoms with van der Waals surface area (Å²) in [4.78, 5) is 2.21. The summed E-state index contributed by atoms with van der Waals surface area (Å²) in [6.45, 7) is 0. The number of rotatable bonds is 1. The van der Waals surface area contributed by atoms with Crippen LogP contribution in [0.3, 0.4) is 0 Å². The van der Waals surface area contributed by atoms with Gasteiger partial charge in [-0.25, -0.2) is 0 Å². The first kappa shape index (κ1) is 17.9. The quantitative estimate of drug-likeness (QED) is 0.418. The fraction of sp³-hybridized carbons (Fsp3) is 0.125. The lowest BCUT2D eigenvalue weighted by Gasteiger charge is -2.11. The summed E-state index contributed by atoms with van der Waals surface area (Å²) in [5.74, 6) is 0. The van der Waals surface area contributed by atoms with E-state index in [1.807, 2.05) is 0 Å². The van der Waals surface area contributed by atoms with Gasteiger partial charge in [-0.2, -0.15) is 26.3 Å². The molecule has 132 valence electrons. The lowest BCUT2D eigenvalue weighted by molar-refractivity contribution is -0.140. The molecule has 0 aliphatic rings. The van der Waals surface area contributed by atoms with E-state index in [1.54, 1.807) is 0 Å². The Kier molecular flexibility index (Phi) is 4.20. The molecule has 0 saturated carbocycles. The summed E-state index contributed by atoms with van der Waals surface area (Å²) in [5.41, 5.74) is -1.30. The molecular formula is C16H7Cl2F6N. The van der Waals surface area contributed by atoms with Crippen molar-refractivity contribution in [2.24, 2.45) is 0 Å². The van der Waals surface area contributed by atoms with Crippen LogP contribution in [0.25, 0.3) is 22.0 Å². The molecule has 0 spiro atoms. The van der Waals surface area contributed by atoms with Gasteiger partial charge in [0, 0.05) is 27.1 Å². The fourth-order valence-electron chi connectivity index (χ4n) is 2.42. The average Bonchev–Trinajstić information content (AvgIpc) is 2.88. The van der Waals surface area contributed by atoms with Gasteiger partial charge in [-0.3, -0.25) is 0 Å². The van der Waals surface area contributed by atoms with Crippen molar-refractivity contribution in [3.05, 3.63) is 57.7 Å². The molecule has 0 atom stereocenters. The molecule has 3 rings (SSSR count). The van der Waals surface area contributed by atoms with Crippen LogP contribution in [0, 0.1) is 0 Å². The molecule has 0 radical (unpaired) electrons. The molecule has 0 aliphatic heterocycles. The van der Waals surface area contributed by atoms with Gasteiger partial charge in [0.25, 0.3) is 0 Å². The summed E-state index contributed by atoms with van der Waals surface area (Å²) in [7, 11) is 0. The maximum atomic E-state index is 12.8. The Morgan fingerprint density at radius 1 is 0.720 bits per heavy atom. The van der Waals surface area contributed by atoms with Gasteiger partial charge in [0.15, 0.2) is 0 Å². The molecule has 0 amide bonds. The molecule has 25 heavy (non-hydrogen) atoms. The third kappa shape index (κ3) is 3.43. The minimum Gasteiger partial charge on any atom is -0.351 e. The zero-order chi connectivity index (χ0) is 18.6. The Bertz CT molecular complexity index is 956. The van der Waals surface area contributed by atoms with Gasteiger partial charge in [-0.1, -0.05) is 29.3 Å². The average molecular weight is 398 g/mol. The molecule has 1 N–H and O–H groups in total. The van der Waals surface area contributed by atoms with Crippen molar-refractivity contribution in [1.29, 1.82) is 0 Å². The number of nitrogens with one attached hydrogen (secondary N) is 1. The Morgan fingerprint density at radius 2 is 1.36 bits per heavy atom. The zero-order valence-electron chi connectivity index (χ0n) is 12.0. The summed E-state index contributed by atoms with van der Waals surface area (Å²) < 4.78 is 76.5. The Labute approximate surface area is 147 Å². The topological polar surface area (TPSA) is 15.8 Å². The number of H-pyrrole nitrogens is 1. The number of benzene rings is 2. The normalized spacial score (nSPS) is 12.8. The third-order valence-corrected chi connectivity index (χ3v) is 4.23. The van der Waals surface area contributed by atoms with Crippen LogP contribution in [0.4, 0.5) is 26.3 Å². The summed E-state index contributed by atoms with van der Waals surface area (Å²) in [5, 5.41) is 0.0649. The predicted molar refractivity (Wildman–Crippen MR) is 83.8 cm³/mol. The largest absolute Gasteiger partial charge is 0.431 e. The van der Waals surface area contributed by atoms with Gasteiger partial charge in [-0.05, 0) is 30.3 Å². The van der Waals surface area contributed by atoms with Crippen molar-refractivity contribution >= 4 is 34.1 Å². The Balaban J connectivity index is 2.14. The van der Waals surface area contributed by atoms with E-state index in [4.69, 9.17) is 23.2 Å². The lowest BCUT2D eigenvalue weighted by atomic mass is 10.0. The van der Waals surface area contributed by atoms with Crippen LogP contribution in [0.1, 0.15) is 11.3 Å². The third-order valence-electron chi connectivity index (χ3n) is 3.60. The number of hydrogen-bond acceptors (Lipinski definition) is 0. The maximum absolute atomic E-state index is 12.8. The first-order valence-electron chi connectivity index (χ1n) is 6.73. The highest BCUT2D eigenvalue weighted by atomic mass is 35.5. The van der Waals surface area contributed by atoms with E-state index in [9.17, 15) is 26.3 Å². The molecule has 0 saturated heterocycles. The van der Waals surface area contributed by atoms with E-state index in [1.165, 1.54) is 12.1 Å². The van der Waals surface area contributed by atoms with Crippen LogP contribution < -0.4 is 0 Å². The van der Waals surface area contributed by atoms with Crippen LogP contribution >= 0.6 is 23.2 Å². The first-order chi connectivity index (χ1) is 11.5. The second kappa shape index (κ2) is 5.85. The van der Waals surface area contributed by atoms with Crippen molar-refractivity contribution in [2.75, 3.05) is 0 Å². The van der Waals surface area contributed by atoms with Gasteiger partial charge in [0.1, 0.15) is 5.69 Å². The summed E-state index contributed by atoms with van der Waals surface area (Å²) in [6.07, 6.45) is -9.12. The van der Waals surface area contributed by atoms with E-state index in [2.05, 4.69) is 4.98 Å². The second-order valence-corrected chi connectivity index (χ2v) is 6.11. The highest BCUT2D eigenvalue weighted by molar-refractivity contribution is 6.37. The van der Waals surface area contributed by atoms with Crippen LogP contribution in [0.5, 0.6) is 0 Å². The number of alkyl halides is 6. The molecule has 2 aromatic carbocycles. The van der Waals surface area contributed by atoms with Gasteiger partial charge in [0.2, 0.25) is 0 Å². The van der Waals surface area contributed by atoms with E-state index in [-0.39, 0.29) is 32.1 Å². The molecule has 9 heteroatoms. The van der Waals surface area contributed by atoms with Crippen LogP contribution in [0.2, 0.25) is 10.0 Å². The molecule has 1 nitrogen and oxygen atoms in total. The molecule has 1 heterocycles. The van der Waals surface area contributed by atoms with Crippen molar-refractivity contribution in [3.63, 3.8) is 0 Å². The van der Waals surface area contributed by atoms with Gasteiger partial charge in [0.05, 0.1) is 10.6 Å². The number of halogens is 8. The molecular weight excluding hydrogens is 391 g/mol. The number of aromatic amines is 1. The maximum Gasteiger partial charge on any atom is 0.431 e. The minimum atomic E-state index is -4.56. The number of fused-ring (bicyclic) bond motifs is 1.